The third-order valence-corrected chi connectivity index (χ3v) is 5.29. The lowest BCUT2D eigenvalue weighted by molar-refractivity contribution is -0.192. The first-order chi connectivity index (χ1) is 18.6. The number of carbonyl (C=O) groups is 2. The van der Waals surface area contributed by atoms with Gasteiger partial charge in [0.2, 0.25) is 0 Å². The van der Waals surface area contributed by atoms with Gasteiger partial charge in [0.1, 0.15) is 11.5 Å². The van der Waals surface area contributed by atoms with Crippen LogP contribution in [0.2, 0.25) is 0 Å². The van der Waals surface area contributed by atoms with Crippen LogP contribution in [0.4, 0.5) is 28.0 Å². The number of aromatic nitrogens is 3. The quantitative estimate of drug-likeness (QED) is 0.280. The maximum Gasteiger partial charge on any atom is 0.490 e. The number of aliphatic carboxylic acids is 1. The number of hydrogen-bond donors (Lipinski definition) is 2. The first kappa shape index (κ1) is 26.8. The Bertz CT molecular complexity index is 1590. The maximum atomic E-state index is 14.3. The Labute approximate surface area is 218 Å². The highest BCUT2D eigenvalue weighted by Gasteiger charge is 2.38. The highest BCUT2D eigenvalue weighted by atomic mass is 19.4. The first-order valence-electron chi connectivity index (χ1n) is 11.2. The van der Waals surface area contributed by atoms with E-state index in [0.29, 0.717) is 23.4 Å². The second kappa shape index (κ2) is 11.4. The monoisotopic (exact) mass is 538 g/mol. The number of carboxylic acids is 1. The number of imidazole rings is 1. The summed E-state index contributed by atoms with van der Waals surface area (Å²) in [7, 11) is 0. The maximum absolute atomic E-state index is 14.3. The van der Waals surface area contributed by atoms with Crippen molar-refractivity contribution in [2.45, 2.75) is 18.6 Å². The highest BCUT2D eigenvalue weighted by molar-refractivity contribution is 5.91. The van der Waals surface area contributed by atoms with E-state index in [9.17, 15) is 22.4 Å². The molecule has 2 aromatic carbocycles. The zero-order valence-electron chi connectivity index (χ0n) is 19.8. The van der Waals surface area contributed by atoms with Gasteiger partial charge in [-0.15, -0.1) is 0 Å². The van der Waals surface area contributed by atoms with Crippen LogP contribution in [0.3, 0.4) is 0 Å². The molecule has 0 saturated heterocycles. The molecule has 0 fully saturated rings. The molecule has 2 amide bonds. The van der Waals surface area contributed by atoms with Gasteiger partial charge in [-0.1, -0.05) is 36.3 Å². The van der Waals surface area contributed by atoms with Gasteiger partial charge in [0.05, 0.1) is 17.8 Å². The minimum Gasteiger partial charge on any atom is -0.475 e. The molecule has 1 aliphatic heterocycles. The molecule has 0 spiro atoms. The number of benzene rings is 2. The molecule has 9 nitrogen and oxygen atoms in total. The molecule has 13 heteroatoms. The lowest BCUT2D eigenvalue weighted by atomic mass is 10.1. The van der Waals surface area contributed by atoms with Gasteiger partial charge in [0.15, 0.2) is 5.65 Å². The fourth-order valence-corrected chi connectivity index (χ4v) is 3.49. The fourth-order valence-electron chi connectivity index (χ4n) is 3.49. The third kappa shape index (κ3) is 6.55. The molecule has 0 saturated carbocycles. The summed E-state index contributed by atoms with van der Waals surface area (Å²) in [5, 5.41) is 19.7. The van der Waals surface area contributed by atoms with Crippen molar-refractivity contribution in [3.05, 3.63) is 95.7 Å². The average molecular weight is 538 g/mol. The molecular weight excluding hydrogens is 520 g/mol. The molecule has 2 aromatic heterocycles. The van der Waals surface area contributed by atoms with Crippen LogP contribution in [0.1, 0.15) is 29.3 Å². The van der Waals surface area contributed by atoms with Crippen molar-refractivity contribution in [1.29, 1.82) is 0 Å². The summed E-state index contributed by atoms with van der Waals surface area (Å²) in [6.45, 7) is 0. The van der Waals surface area contributed by atoms with Gasteiger partial charge in [-0.25, -0.2) is 28.5 Å². The molecule has 4 aromatic rings. The molecule has 1 aliphatic rings. The van der Waals surface area contributed by atoms with E-state index in [1.807, 2.05) is 30.3 Å². The molecule has 0 aliphatic carbocycles. The van der Waals surface area contributed by atoms with Crippen LogP contribution in [0.5, 0.6) is 0 Å². The number of alkyl halides is 3. The molecular formula is C26H18F4N6O3. The lowest BCUT2D eigenvalue weighted by Gasteiger charge is -2.22. The predicted molar refractivity (Wildman–Crippen MR) is 132 cm³/mol. The average Bonchev–Trinajstić information content (AvgIpc) is 3.57. The van der Waals surface area contributed by atoms with Crippen molar-refractivity contribution >= 4 is 29.5 Å². The molecule has 0 radical (unpaired) electrons. The topological polar surface area (TPSA) is 112 Å². The van der Waals surface area contributed by atoms with Crippen LogP contribution in [0, 0.1) is 17.7 Å². The van der Waals surface area contributed by atoms with E-state index in [1.165, 1.54) is 23.2 Å². The Morgan fingerprint density at radius 3 is 2.51 bits per heavy atom. The zero-order chi connectivity index (χ0) is 28.0. The van der Waals surface area contributed by atoms with E-state index >= 15 is 0 Å². The summed E-state index contributed by atoms with van der Waals surface area (Å²) >= 11 is 0. The third-order valence-electron chi connectivity index (χ3n) is 5.29. The van der Waals surface area contributed by atoms with Gasteiger partial charge in [0, 0.05) is 24.5 Å². The number of carbonyl (C=O) groups excluding carboxylic acids is 1. The summed E-state index contributed by atoms with van der Waals surface area (Å²) in [4.78, 5) is 25.9. The zero-order valence-corrected chi connectivity index (χ0v) is 19.8. The second-order valence-corrected chi connectivity index (χ2v) is 7.92. The number of urea groups is 1. The number of rotatable bonds is 2. The molecule has 1 atom stereocenters. The van der Waals surface area contributed by atoms with Crippen LogP contribution >= 0.6 is 0 Å². The molecule has 0 bridgehead atoms. The summed E-state index contributed by atoms with van der Waals surface area (Å²) in [6.07, 6.45) is 0.460. The van der Waals surface area contributed by atoms with E-state index in [2.05, 4.69) is 32.3 Å². The number of hydrazone groups is 1. The minimum absolute atomic E-state index is 0.151. The molecule has 39 heavy (non-hydrogen) atoms. The minimum atomic E-state index is -5.08. The Hall–Kier alpha value is -5.25. The van der Waals surface area contributed by atoms with Crippen molar-refractivity contribution in [3.8, 4) is 11.8 Å². The molecule has 0 unspecified atom stereocenters. The van der Waals surface area contributed by atoms with Crippen LogP contribution in [-0.4, -0.2) is 49.1 Å². The smallest absolute Gasteiger partial charge is 0.475 e. The van der Waals surface area contributed by atoms with Crippen molar-refractivity contribution in [2.24, 2.45) is 5.10 Å². The number of halogens is 4. The van der Waals surface area contributed by atoms with Crippen LogP contribution in [0.25, 0.3) is 5.65 Å². The van der Waals surface area contributed by atoms with Crippen LogP contribution < -0.4 is 5.32 Å². The van der Waals surface area contributed by atoms with Crippen molar-refractivity contribution in [2.75, 3.05) is 5.32 Å². The first-order valence-corrected chi connectivity index (χ1v) is 11.2. The van der Waals surface area contributed by atoms with E-state index < -0.39 is 24.0 Å². The Morgan fingerprint density at radius 2 is 1.79 bits per heavy atom. The largest absolute Gasteiger partial charge is 0.490 e. The van der Waals surface area contributed by atoms with Gasteiger partial charge >= 0.3 is 18.2 Å². The molecule has 198 valence electrons. The van der Waals surface area contributed by atoms with Crippen molar-refractivity contribution in [3.63, 3.8) is 0 Å². The van der Waals surface area contributed by atoms with E-state index in [4.69, 9.17) is 9.90 Å². The standard InChI is InChI=1S/C24H17FN6O.C2HF3O2/c25-21-11-9-19(15-18(21)8-10-20-16-26-23-7-4-13-27-30(20)23)29-24(32)31-22(12-14-28-31)17-5-2-1-3-6-17;3-2(4,5)1(6)7/h1-7,9,11,13-16,22H,12H2,(H,29,32);(H,6,7)/t22-;/m1./s1. The number of anilines is 1. The Balaban J connectivity index is 0.000000448. The van der Waals surface area contributed by atoms with E-state index in [0.717, 1.165) is 5.56 Å². The summed E-state index contributed by atoms with van der Waals surface area (Å²) in [5.74, 6) is 2.45. The Kier molecular flexibility index (Phi) is 7.85. The summed E-state index contributed by atoms with van der Waals surface area (Å²) in [6, 6.07) is 16.9. The van der Waals surface area contributed by atoms with E-state index in [1.54, 1.807) is 35.3 Å². The van der Waals surface area contributed by atoms with Crippen molar-refractivity contribution < 1.29 is 32.3 Å². The van der Waals surface area contributed by atoms with Gasteiger partial charge in [-0.05, 0) is 41.8 Å². The van der Waals surface area contributed by atoms with Crippen LogP contribution in [0.15, 0.2) is 78.2 Å². The number of carboxylic acid groups (broad SMARTS) is 1. The summed E-state index contributed by atoms with van der Waals surface area (Å²) in [5.41, 5.74) is 2.75. The number of nitrogens with zero attached hydrogens (tertiary/aromatic N) is 5. The SMILES string of the molecule is O=C(Nc1ccc(F)c(C#Cc2cnc3cccnn23)c1)N1N=CC[C@@H]1c1ccccc1.O=C(O)C(F)(F)F. The van der Waals surface area contributed by atoms with Gasteiger partial charge in [-0.3, -0.25) is 0 Å². The molecule has 3 heterocycles. The normalized spacial score (nSPS) is 14.3. The van der Waals surface area contributed by atoms with Gasteiger partial charge in [0.25, 0.3) is 0 Å². The number of hydrogen-bond acceptors (Lipinski definition) is 5. The Morgan fingerprint density at radius 1 is 1.05 bits per heavy atom. The van der Waals surface area contributed by atoms with Crippen molar-refractivity contribution in [1.82, 2.24) is 19.6 Å². The van der Waals surface area contributed by atoms with Gasteiger partial charge in [-0.2, -0.15) is 23.4 Å². The number of fused-ring (bicyclic) bond motifs is 1. The predicted octanol–water partition coefficient (Wildman–Crippen LogP) is 4.87. The molecule has 5 rings (SSSR count). The van der Waals surface area contributed by atoms with E-state index in [-0.39, 0.29) is 11.6 Å². The highest BCUT2D eigenvalue weighted by Crippen LogP contribution is 2.28. The number of amides is 2. The second-order valence-electron chi connectivity index (χ2n) is 7.92. The van der Waals surface area contributed by atoms with Crippen LogP contribution in [-0.2, 0) is 4.79 Å². The lowest BCUT2D eigenvalue weighted by Crippen LogP contribution is -2.31. The fraction of sp³-hybridized carbons (Fsp3) is 0.115. The van der Waals surface area contributed by atoms with Gasteiger partial charge < -0.3 is 10.4 Å². The number of nitrogens with one attached hydrogen (secondary N) is 1. The molecule has 2 N–H and O–H groups in total. The summed E-state index contributed by atoms with van der Waals surface area (Å²) < 4.78 is 47.7.